The summed E-state index contributed by atoms with van der Waals surface area (Å²) in [5.41, 5.74) is 0.622. The van der Waals surface area contributed by atoms with Crippen LogP contribution in [-0.2, 0) is 11.3 Å². The van der Waals surface area contributed by atoms with E-state index in [1.54, 1.807) is 13.2 Å². The molecule has 0 radical (unpaired) electrons. The summed E-state index contributed by atoms with van der Waals surface area (Å²) in [5.74, 6) is 0.0413. The summed E-state index contributed by atoms with van der Waals surface area (Å²) in [4.78, 5) is 11.5. The summed E-state index contributed by atoms with van der Waals surface area (Å²) in [7, 11) is 1.65. The highest BCUT2D eigenvalue weighted by Gasteiger charge is 2.25. The molecule has 0 aliphatic carbocycles. The Hall–Kier alpha value is -1.36. The van der Waals surface area contributed by atoms with Crippen LogP contribution in [0, 0.1) is 5.41 Å². The van der Waals surface area contributed by atoms with E-state index in [1.165, 1.54) is 0 Å². The molecule has 1 heterocycles. The minimum Gasteiger partial charge on any atom is -0.359 e. The first kappa shape index (κ1) is 11.7. The third kappa shape index (κ3) is 3.36. The van der Waals surface area contributed by atoms with Crippen LogP contribution in [0.4, 0.5) is 0 Å². The van der Waals surface area contributed by atoms with Crippen LogP contribution in [0.5, 0.6) is 0 Å². The lowest BCUT2D eigenvalue weighted by Crippen LogP contribution is -2.41. The maximum absolute atomic E-state index is 11.5. The third-order valence-electron chi connectivity index (χ3n) is 2.28. The molecule has 1 amide bonds. The summed E-state index contributed by atoms with van der Waals surface area (Å²) >= 11 is 0. The normalized spacial score (nSPS) is 11.4. The molecule has 3 N–H and O–H groups in total. The molecule has 5 nitrogen and oxygen atoms in total. The van der Waals surface area contributed by atoms with Crippen LogP contribution in [0.2, 0.25) is 0 Å². The average Bonchev–Trinajstić information content (AvgIpc) is 2.69. The molecular weight excluding hydrogens is 192 g/mol. The standard InChI is InChI=1S/C10H18N4O/c1-10(2,9(15)11-3)7-12-6-8-4-5-13-14-8/h4-5,12H,6-7H2,1-3H3,(H,11,15)(H,13,14). The Bertz CT molecular complexity index is 305. The monoisotopic (exact) mass is 210 g/mol. The van der Waals surface area contributed by atoms with E-state index in [4.69, 9.17) is 0 Å². The Morgan fingerprint density at radius 1 is 1.60 bits per heavy atom. The van der Waals surface area contributed by atoms with Crippen molar-refractivity contribution < 1.29 is 4.79 Å². The van der Waals surface area contributed by atoms with Crippen molar-refractivity contribution in [1.82, 2.24) is 20.8 Å². The Kier molecular flexibility index (Phi) is 3.85. The number of nitrogens with zero attached hydrogens (tertiary/aromatic N) is 1. The summed E-state index contributed by atoms with van der Waals surface area (Å²) in [6.45, 7) is 5.14. The van der Waals surface area contributed by atoms with Crippen molar-refractivity contribution in [3.8, 4) is 0 Å². The second-order valence-corrected chi connectivity index (χ2v) is 4.15. The summed E-state index contributed by atoms with van der Waals surface area (Å²) in [6.07, 6.45) is 1.71. The number of rotatable bonds is 5. The first-order valence-corrected chi connectivity index (χ1v) is 4.97. The molecule has 0 spiro atoms. The van der Waals surface area contributed by atoms with Crippen molar-refractivity contribution in [2.24, 2.45) is 5.41 Å². The molecule has 0 fully saturated rings. The zero-order valence-electron chi connectivity index (χ0n) is 9.42. The van der Waals surface area contributed by atoms with Crippen molar-refractivity contribution in [1.29, 1.82) is 0 Å². The van der Waals surface area contributed by atoms with Gasteiger partial charge in [0.1, 0.15) is 0 Å². The number of hydrogen-bond acceptors (Lipinski definition) is 3. The highest BCUT2D eigenvalue weighted by atomic mass is 16.2. The Balaban J connectivity index is 2.33. The van der Waals surface area contributed by atoms with E-state index in [2.05, 4.69) is 20.8 Å². The number of aromatic amines is 1. The summed E-state index contributed by atoms with van der Waals surface area (Å²) in [5, 5.41) is 12.6. The number of carbonyl (C=O) groups is 1. The fourth-order valence-electron chi connectivity index (χ4n) is 1.31. The number of aromatic nitrogens is 2. The lowest BCUT2D eigenvalue weighted by Gasteiger charge is -2.22. The molecule has 0 saturated carbocycles. The summed E-state index contributed by atoms with van der Waals surface area (Å²) in [6, 6.07) is 1.90. The maximum atomic E-state index is 11.5. The molecule has 0 saturated heterocycles. The number of nitrogens with one attached hydrogen (secondary N) is 3. The van der Waals surface area contributed by atoms with Crippen LogP contribution >= 0.6 is 0 Å². The van der Waals surface area contributed by atoms with Gasteiger partial charge in [-0.25, -0.2) is 0 Å². The molecule has 84 valence electrons. The van der Waals surface area contributed by atoms with Gasteiger partial charge >= 0.3 is 0 Å². The van der Waals surface area contributed by atoms with Gasteiger partial charge in [-0.1, -0.05) is 0 Å². The van der Waals surface area contributed by atoms with Gasteiger partial charge in [0.05, 0.1) is 5.41 Å². The van der Waals surface area contributed by atoms with Crippen molar-refractivity contribution >= 4 is 5.91 Å². The first-order chi connectivity index (χ1) is 7.06. The van der Waals surface area contributed by atoms with E-state index in [0.29, 0.717) is 13.1 Å². The van der Waals surface area contributed by atoms with Crippen LogP contribution in [0.3, 0.4) is 0 Å². The fourth-order valence-corrected chi connectivity index (χ4v) is 1.31. The van der Waals surface area contributed by atoms with E-state index < -0.39 is 5.41 Å². The van der Waals surface area contributed by atoms with Gasteiger partial charge in [0, 0.05) is 32.0 Å². The molecule has 15 heavy (non-hydrogen) atoms. The van der Waals surface area contributed by atoms with E-state index in [-0.39, 0.29) is 5.91 Å². The first-order valence-electron chi connectivity index (χ1n) is 4.97. The van der Waals surface area contributed by atoms with Gasteiger partial charge in [0.2, 0.25) is 5.91 Å². The van der Waals surface area contributed by atoms with E-state index in [1.807, 2.05) is 19.9 Å². The van der Waals surface area contributed by atoms with Crippen molar-refractivity contribution in [2.45, 2.75) is 20.4 Å². The van der Waals surface area contributed by atoms with Crippen LogP contribution in [0.1, 0.15) is 19.5 Å². The van der Waals surface area contributed by atoms with E-state index in [9.17, 15) is 4.79 Å². The lowest BCUT2D eigenvalue weighted by molar-refractivity contribution is -0.128. The molecule has 0 atom stereocenters. The SMILES string of the molecule is CNC(=O)C(C)(C)CNCc1ccn[nH]1. The van der Waals surface area contributed by atoms with Crippen LogP contribution in [0.25, 0.3) is 0 Å². The van der Waals surface area contributed by atoms with E-state index in [0.717, 1.165) is 5.69 Å². The van der Waals surface area contributed by atoms with Gasteiger partial charge in [-0.05, 0) is 19.9 Å². The second-order valence-electron chi connectivity index (χ2n) is 4.15. The fraction of sp³-hybridized carbons (Fsp3) is 0.600. The molecule has 1 aromatic heterocycles. The predicted molar refractivity (Wildman–Crippen MR) is 58.1 cm³/mol. The largest absolute Gasteiger partial charge is 0.359 e. The molecule has 1 rings (SSSR count). The number of H-pyrrole nitrogens is 1. The van der Waals surface area contributed by atoms with Crippen molar-refractivity contribution in [3.63, 3.8) is 0 Å². The van der Waals surface area contributed by atoms with Gasteiger partial charge in [-0.3, -0.25) is 9.89 Å². The van der Waals surface area contributed by atoms with Gasteiger partial charge in [-0.15, -0.1) is 0 Å². The zero-order chi connectivity index (χ0) is 11.3. The molecule has 0 aliphatic rings. The van der Waals surface area contributed by atoms with Crippen molar-refractivity contribution in [3.05, 3.63) is 18.0 Å². The molecule has 0 aromatic carbocycles. The molecule has 1 aromatic rings. The quantitative estimate of drug-likeness (QED) is 0.653. The van der Waals surface area contributed by atoms with Gasteiger partial charge in [0.25, 0.3) is 0 Å². The molecule has 0 aliphatic heterocycles. The Labute approximate surface area is 89.6 Å². The summed E-state index contributed by atoms with van der Waals surface area (Å²) < 4.78 is 0. The van der Waals surface area contributed by atoms with Gasteiger partial charge in [-0.2, -0.15) is 5.10 Å². The van der Waals surface area contributed by atoms with Crippen molar-refractivity contribution in [2.75, 3.05) is 13.6 Å². The lowest BCUT2D eigenvalue weighted by atomic mass is 9.92. The number of hydrogen-bond donors (Lipinski definition) is 3. The van der Waals surface area contributed by atoms with Crippen LogP contribution < -0.4 is 10.6 Å². The number of amides is 1. The van der Waals surface area contributed by atoms with Gasteiger partial charge in [0.15, 0.2) is 0 Å². The highest BCUT2D eigenvalue weighted by Crippen LogP contribution is 2.13. The molecule has 0 unspecified atom stereocenters. The van der Waals surface area contributed by atoms with E-state index >= 15 is 0 Å². The minimum atomic E-state index is -0.394. The Morgan fingerprint density at radius 2 is 2.33 bits per heavy atom. The Morgan fingerprint density at radius 3 is 2.87 bits per heavy atom. The topological polar surface area (TPSA) is 69.8 Å². The average molecular weight is 210 g/mol. The minimum absolute atomic E-state index is 0.0413. The second kappa shape index (κ2) is 4.93. The molecule has 0 bridgehead atoms. The van der Waals surface area contributed by atoms with Crippen LogP contribution in [0.15, 0.2) is 12.3 Å². The highest BCUT2D eigenvalue weighted by molar-refractivity contribution is 5.81. The maximum Gasteiger partial charge on any atom is 0.226 e. The molecular formula is C10H18N4O. The predicted octanol–water partition coefficient (Wildman–Crippen LogP) is 0.271. The number of carbonyl (C=O) groups excluding carboxylic acids is 1. The zero-order valence-corrected chi connectivity index (χ0v) is 9.42. The third-order valence-corrected chi connectivity index (χ3v) is 2.28. The van der Waals surface area contributed by atoms with Crippen LogP contribution in [-0.4, -0.2) is 29.7 Å². The van der Waals surface area contributed by atoms with Gasteiger partial charge < -0.3 is 10.6 Å². The smallest absolute Gasteiger partial charge is 0.226 e. The molecule has 5 heteroatoms.